The Labute approximate surface area is 122 Å². The molecule has 0 atom stereocenters. The summed E-state index contributed by atoms with van der Waals surface area (Å²) in [5.41, 5.74) is 0.427. The van der Waals surface area contributed by atoms with Crippen LogP contribution in [0.1, 0.15) is 21.1 Å². The number of aromatic nitrogens is 5. The van der Waals surface area contributed by atoms with E-state index in [1.165, 1.54) is 24.0 Å². The van der Waals surface area contributed by atoms with E-state index in [0.717, 1.165) is 0 Å². The largest absolute Gasteiger partial charge is 0.351 e. The molecule has 1 amide bonds. The summed E-state index contributed by atoms with van der Waals surface area (Å²) in [6.07, 6.45) is 3.33. The Bertz CT molecular complexity index is 835. The highest BCUT2D eigenvalue weighted by molar-refractivity contribution is 7.20. The molecule has 0 bridgehead atoms. The van der Waals surface area contributed by atoms with Crippen molar-refractivity contribution >= 4 is 27.5 Å². The minimum absolute atomic E-state index is 0.214. The molecule has 0 aliphatic carbocycles. The van der Waals surface area contributed by atoms with Crippen LogP contribution in [0, 0.1) is 6.92 Å². The minimum Gasteiger partial charge on any atom is -0.351 e. The van der Waals surface area contributed by atoms with E-state index >= 15 is 0 Å². The van der Waals surface area contributed by atoms with Gasteiger partial charge in [0.15, 0.2) is 0 Å². The number of rotatable bonds is 4. The summed E-state index contributed by atoms with van der Waals surface area (Å²) >= 11 is 1.22. The number of hydrogen-bond acceptors (Lipinski definition) is 6. The van der Waals surface area contributed by atoms with Crippen molar-refractivity contribution in [2.75, 3.05) is 6.54 Å². The third-order valence-electron chi connectivity index (χ3n) is 3.05. The average Bonchev–Trinajstić information content (AvgIpc) is 3.08. The number of H-pyrrole nitrogens is 2. The Balaban J connectivity index is 1.77. The van der Waals surface area contributed by atoms with E-state index in [2.05, 4.69) is 30.5 Å². The van der Waals surface area contributed by atoms with Gasteiger partial charge in [0.25, 0.3) is 11.5 Å². The van der Waals surface area contributed by atoms with Crippen LogP contribution >= 0.6 is 11.3 Å². The van der Waals surface area contributed by atoms with E-state index in [1.807, 2.05) is 0 Å². The Morgan fingerprint density at radius 2 is 2.29 bits per heavy atom. The fourth-order valence-corrected chi connectivity index (χ4v) is 3.09. The Hall–Kier alpha value is -2.55. The van der Waals surface area contributed by atoms with Gasteiger partial charge >= 0.3 is 0 Å². The number of nitrogens with one attached hydrogen (secondary N) is 3. The van der Waals surface area contributed by atoms with Crippen molar-refractivity contribution in [2.45, 2.75) is 13.3 Å². The van der Waals surface area contributed by atoms with Gasteiger partial charge in [0.2, 0.25) is 0 Å². The van der Waals surface area contributed by atoms with Crippen molar-refractivity contribution in [3.05, 3.63) is 39.3 Å². The fourth-order valence-electron chi connectivity index (χ4n) is 2.02. The normalized spacial score (nSPS) is 10.9. The first-order valence-electron chi connectivity index (χ1n) is 6.26. The van der Waals surface area contributed by atoms with Gasteiger partial charge < -0.3 is 10.3 Å². The molecule has 3 rings (SSSR count). The van der Waals surface area contributed by atoms with Crippen LogP contribution in [0.4, 0.5) is 0 Å². The first-order chi connectivity index (χ1) is 10.2. The quantitative estimate of drug-likeness (QED) is 0.644. The minimum atomic E-state index is -0.227. The molecule has 8 nitrogen and oxygen atoms in total. The van der Waals surface area contributed by atoms with Crippen LogP contribution in [-0.2, 0) is 6.42 Å². The summed E-state index contributed by atoms with van der Waals surface area (Å²) in [7, 11) is 0. The highest BCUT2D eigenvalue weighted by Crippen LogP contribution is 2.26. The van der Waals surface area contributed by atoms with Crippen molar-refractivity contribution in [3.8, 4) is 0 Å². The number of aromatic amines is 2. The molecular formula is C12H12N6O2S. The molecular weight excluding hydrogens is 292 g/mol. The van der Waals surface area contributed by atoms with Crippen molar-refractivity contribution in [2.24, 2.45) is 0 Å². The van der Waals surface area contributed by atoms with E-state index in [1.54, 1.807) is 6.92 Å². The maximum Gasteiger partial charge on any atom is 0.261 e. The highest BCUT2D eigenvalue weighted by Gasteiger charge is 2.17. The van der Waals surface area contributed by atoms with Crippen LogP contribution in [0.2, 0.25) is 0 Å². The highest BCUT2D eigenvalue weighted by atomic mass is 32.1. The smallest absolute Gasteiger partial charge is 0.261 e. The van der Waals surface area contributed by atoms with Gasteiger partial charge in [0, 0.05) is 13.0 Å². The zero-order valence-corrected chi connectivity index (χ0v) is 12.0. The van der Waals surface area contributed by atoms with Crippen LogP contribution in [0.25, 0.3) is 10.2 Å². The lowest BCUT2D eigenvalue weighted by atomic mass is 10.2. The molecule has 0 unspecified atom stereocenters. The Kier molecular flexibility index (Phi) is 3.48. The summed E-state index contributed by atoms with van der Waals surface area (Å²) in [6.45, 7) is 2.19. The van der Waals surface area contributed by atoms with Gasteiger partial charge in [-0.05, 0) is 12.5 Å². The number of carbonyl (C=O) groups is 1. The molecule has 21 heavy (non-hydrogen) atoms. The van der Waals surface area contributed by atoms with Crippen molar-refractivity contribution in [1.82, 2.24) is 30.5 Å². The third kappa shape index (κ3) is 2.55. The fraction of sp³-hybridized carbons (Fsp3) is 0.250. The van der Waals surface area contributed by atoms with Gasteiger partial charge in [0.1, 0.15) is 17.0 Å². The first kappa shape index (κ1) is 13.4. The lowest BCUT2D eigenvalue weighted by Crippen LogP contribution is -2.25. The van der Waals surface area contributed by atoms with Crippen LogP contribution < -0.4 is 10.9 Å². The molecule has 0 spiro atoms. The molecule has 3 N–H and O–H groups in total. The molecule has 9 heteroatoms. The average molecular weight is 304 g/mol. The van der Waals surface area contributed by atoms with Gasteiger partial charge in [-0.15, -0.1) is 11.3 Å². The third-order valence-corrected chi connectivity index (χ3v) is 4.25. The van der Waals surface area contributed by atoms with Crippen LogP contribution in [0.5, 0.6) is 0 Å². The monoisotopic (exact) mass is 304 g/mol. The number of hydrogen-bond donors (Lipinski definition) is 3. The summed E-state index contributed by atoms with van der Waals surface area (Å²) in [4.78, 5) is 35.6. The van der Waals surface area contributed by atoms with Gasteiger partial charge in [-0.3, -0.25) is 14.7 Å². The van der Waals surface area contributed by atoms with Gasteiger partial charge in [-0.2, -0.15) is 5.10 Å². The number of carbonyl (C=O) groups excluding carboxylic acids is 1. The number of nitrogens with zero attached hydrogens (tertiary/aromatic N) is 3. The Morgan fingerprint density at radius 3 is 3.00 bits per heavy atom. The summed E-state index contributed by atoms with van der Waals surface area (Å²) in [6, 6.07) is 0. The van der Waals surface area contributed by atoms with E-state index in [9.17, 15) is 9.59 Å². The summed E-state index contributed by atoms with van der Waals surface area (Å²) in [5, 5.41) is 9.74. The maximum absolute atomic E-state index is 12.2. The van der Waals surface area contributed by atoms with Gasteiger partial charge in [-0.25, -0.2) is 9.97 Å². The SMILES string of the molecule is Cc1c(C(=O)NCCc2ncn[nH]2)sc2nc[nH]c(=O)c12. The zero-order valence-electron chi connectivity index (χ0n) is 11.1. The van der Waals surface area contributed by atoms with Crippen LogP contribution in [-0.4, -0.2) is 37.6 Å². The maximum atomic E-state index is 12.2. The van der Waals surface area contributed by atoms with Crippen molar-refractivity contribution < 1.29 is 4.79 Å². The number of fused-ring (bicyclic) bond motifs is 1. The van der Waals surface area contributed by atoms with Gasteiger partial charge in [0.05, 0.1) is 16.6 Å². The predicted octanol–water partition coefficient (Wildman–Crippen LogP) is 0.384. The predicted molar refractivity (Wildman–Crippen MR) is 77.4 cm³/mol. The lowest BCUT2D eigenvalue weighted by molar-refractivity contribution is 0.0957. The molecule has 3 heterocycles. The van der Waals surface area contributed by atoms with Crippen LogP contribution in [0.15, 0.2) is 17.4 Å². The molecule has 0 fully saturated rings. The number of aryl methyl sites for hydroxylation is 1. The van der Waals surface area contributed by atoms with E-state index in [-0.39, 0.29) is 11.5 Å². The van der Waals surface area contributed by atoms with Crippen molar-refractivity contribution in [1.29, 1.82) is 0 Å². The van der Waals surface area contributed by atoms with Gasteiger partial charge in [-0.1, -0.05) is 0 Å². The molecule has 108 valence electrons. The summed E-state index contributed by atoms with van der Waals surface area (Å²) < 4.78 is 0. The molecule has 0 radical (unpaired) electrons. The second kappa shape index (κ2) is 5.44. The van der Waals surface area contributed by atoms with E-state index in [0.29, 0.717) is 39.4 Å². The van der Waals surface area contributed by atoms with E-state index < -0.39 is 0 Å². The molecule has 3 aromatic rings. The second-order valence-corrected chi connectivity index (χ2v) is 5.41. The van der Waals surface area contributed by atoms with Crippen molar-refractivity contribution in [3.63, 3.8) is 0 Å². The second-order valence-electron chi connectivity index (χ2n) is 4.41. The summed E-state index contributed by atoms with van der Waals surface area (Å²) in [5.74, 6) is 0.496. The zero-order chi connectivity index (χ0) is 14.8. The molecule has 0 saturated carbocycles. The first-order valence-corrected chi connectivity index (χ1v) is 7.07. The topological polar surface area (TPSA) is 116 Å². The molecule has 0 saturated heterocycles. The molecule has 3 aromatic heterocycles. The van der Waals surface area contributed by atoms with E-state index in [4.69, 9.17) is 0 Å². The standard InChI is InChI=1S/C12H12N6O2S/c1-6-8-10(19)15-4-16-12(8)21-9(6)11(20)13-3-2-7-14-5-17-18-7/h4-5H,2-3H2,1H3,(H,13,20)(H,14,17,18)(H,15,16,19). The Morgan fingerprint density at radius 1 is 1.43 bits per heavy atom. The molecule has 0 aromatic carbocycles. The lowest BCUT2D eigenvalue weighted by Gasteiger charge is -2.02. The number of amides is 1. The molecule has 0 aliphatic rings. The molecule has 0 aliphatic heterocycles. The van der Waals surface area contributed by atoms with Crippen LogP contribution in [0.3, 0.4) is 0 Å². The number of thiophene rings is 1.